The third-order valence-corrected chi connectivity index (χ3v) is 10.4. The van der Waals surface area contributed by atoms with Gasteiger partial charge in [-0.15, -0.1) is 0 Å². The van der Waals surface area contributed by atoms with E-state index in [1.54, 1.807) is 0 Å². The minimum Gasteiger partial charge on any atom is -0.268 e. The fourth-order valence-corrected chi connectivity index (χ4v) is 8.40. The Kier molecular flexibility index (Phi) is 5.47. The molecule has 0 amide bonds. The zero-order chi connectivity index (χ0) is 32.1. The zero-order valence-corrected chi connectivity index (χ0v) is 28.1. The van der Waals surface area contributed by atoms with Gasteiger partial charge in [0.25, 0.3) is 11.1 Å². The van der Waals surface area contributed by atoms with E-state index < -0.39 is 0 Å². The molecular weight excluding hydrogens is 550 g/mol. The summed E-state index contributed by atoms with van der Waals surface area (Å²) < 4.78 is 1.53. The van der Waals surface area contributed by atoms with Crippen LogP contribution in [0.4, 0.5) is 0 Å². The first-order valence-electron chi connectivity index (χ1n) is 16.4. The van der Waals surface area contributed by atoms with Gasteiger partial charge in [0.05, 0.1) is 16.5 Å². The average molecular weight is 592 g/mol. The lowest BCUT2D eigenvalue weighted by Gasteiger charge is -2.23. The van der Waals surface area contributed by atoms with Crippen LogP contribution in [0.3, 0.4) is 0 Å². The molecule has 0 saturated heterocycles. The van der Waals surface area contributed by atoms with Crippen LogP contribution in [0.2, 0.25) is 0 Å². The van der Waals surface area contributed by atoms with Crippen LogP contribution in [-0.4, -0.2) is 4.57 Å². The molecule has 0 fully saturated rings. The van der Waals surface area contributed by atoms with Gasteiger partial charge >= 0.3 is 0 Å². The third-order valence-electron chi connectivity index (χ3n) is 10.4. The van der Waals surface area contributed by atoms with Crippen molar-refractivity contribution in [1.29, 1.82) is 0 Å². The number of rotatable bonds is 3. The van der Waals surface area contributed by atoms with E-state index in [4.69, 9.17) is 0 Å². The molecule has 0 radical (unpaired) electrons. The molecule has 226 valence electrons. The molecule has 0 unspecified atom stereocenters. The summed E-state index contributed by atoms with van der Waals surface area (Å²) in [6, 6.07) is 19.7. The van der Waals surface area contributed by atoms with Crippen LogP contribution in [-0.2, 0) is 10.8 Å². The quantitative estimate of drug-likeness (QED) is 0.192. The Morgan fingerprint density at radius 3 is 1.29 bits per heavy atom. The largest absolute Gasteiger partial charge is 0.268 e. The SMILES string of the molecule is CC(C)c1cccc(C(C)C)c1-n1c(=O)c2c3cc(C(C)(C)C)c4ccc5ccc6c(C(C)(C)C)cc(c2c1=O)c1c6c5c4c31. The fourth-order valence-electron chi connectivity index (χ4n) is 8.40. The predicted molar refractivity (Wildman–Crippen MR) is 194 cm³/mol. The standard InChI is InChI=1S/C42H41NO2/c1-20(2)23-12-11-13-24(21(3)4)38(23)43-39(44)36-27-18-29(41(5,6)7)25-16-14-22-15-17-26-30(42(8,9)10)19-28(37(36)40(43)45)35-33(26)31(22)32(25)34(27)35/h11-21H,1-10H3. The second-order valence-electron chi connectivity index (χ2n) is 16.1. The predicted octanol–water partition coefficient (Wildman–Crippen LogP) is 10.7. The summed E-state index contributed by atoms with van der Waals surface area (Å²) in [6.07, 6.45) is 0. The topological polar surface area (TPSA) is 39.1 Å². The highest BCUT2D eigenvalue weighted by Crippen LogP contribution is 2.53. The zero-order valence-electron chi connectivity index (χ0n) is 28.1. The molecule has 45 heavy (non-hydrogen) atoms. The van der Waals surface area contributed by atoms with Crippen LogP contribution in [0.15, 0.2) is 64.2 Å². The van der Waals surface area contributed by atoms with E-state index in [0.29, 0.717) is 10.8 Å². The number of benzene rings is 6. The van der Waals surface area contributed by atoms with Gasteiger partial charge in [-0.3, -0.25) is 9.59 Å². The monoisotopic (exact) mass is 591 g/mol. The molecule has 8 rings (SSSR count). The number of fused-ring (bicyclic) bond motifs is 3. The van der Waals surface area contributed by atoms with Crippen molar-refractivity contribution < 1.29 is 0 Å². The molecule has 0 spiro atoms. The van der Waals surface area contributed by atoms with Crippen molar-refractivity contribution in [2.75, 3.05) is 0 Å². The molecule has 0 atom stereocenters. The van der Waals surface area contributed by atoms with Crippen molar-refractivity contribution in [2.45, 2.75) is 91.9 Å². The van der Waals surface area contributed by atoms with Gasteiger partial charge in [0.2, 0.25) is 0 Å². The van der Waals surface area contributed by atoms with Gasteiger partial charge in [0.1, 0.15) is 0 Å². The van der Waals surface area contributed by atoms with E-state index in [0.717, 1.165) is 38.4 Å². The first-order valence-corrected chi connectivity index (χ1v) is 16.4. The molecule has 1 aromatic heterocycles. The summed E-state index contributed by atoms with van der Waals surface area (Å²) in [5, 5.41) is 12.6. The van der Waals surface area contributed by atoms with Crippen molar-refractivity contribution in [2.24, 2.45) is 0 Å². The van der Waals surface area contributed by atoms with Gasteiger partial charge in [0, 0.05) is 0 Å². The number of nitrogens with zero attached hydrogens (tertiary/aromatic N) is 1. The van der Waals surface area contributed by atoms with Crippen LogP contribution in [0, 0.1) is 0 Å². The van der Waals surface area contributed by atoms with Crippen molar-refractivity contribution in [3.63, 3.8) is 0 Å². The van der Waals surface area contributed by atoms with E-state index in [9.17, 15) is 0 Å². The molecular formula is C42H41NO2. The summed E-state index contributed by atoms with van der Waals surface area (Å²) in [7, 11) is 0. The van der Waals surface area contributed by atoms with Crippen LogP contribution in [0.5, 0.6) is 0 Å². The summed E-state index contributed by atoms with van der Waals surface area (Å²) in [4.78, 5) is 30.1. The first kappa shape index (κ1) is 28.2. The van der Waals surface area contributed by atoms with Gasteiger partial charge in [-0.1, -0.05) is 112 Å². The second-order valence-corrected chi connectivity index (χ2v) is 16.1. The highest BCUT2D eigenvalue weighted by Gasteiger charge is 2.33. The maximum Gasteiger partial charge on any atom is 0.266 e. The lowest BCUT2D eigenvalue weighted by atomic mass is 9.80. The van der Waals surface area contributed by atoms with E-state index in [2.05, 4.69) is 124 Å². The first-order chi connectivity index (χ1) is 21.1. The van der Waals surface area contributed by atoms with Crippen molar-refractivity contribution in [1.82, 2.24) is 4.57 Å². The molecule has 3 nitrogen and oxygen atoms in total. The summed E-state index contributed by atoms with van der Waals surface area (Å²) in [5.74, 6) is 0.304. The molecule has 0 bridgehead atoms. The summed E-state index contributed by atoms with van der Waals surface area (Å²) in [5.41, 5.74) is 4.51. The summed E-state index contributed by atoms with van der Waals surface area (Å²) in [6.45, 7) is 22.0. The van der Waals surface area contributed by atoms with Gasteiger partial charge in [-0.25, -0.2) is 4.57 Å². The van der Waals surface area contributed by atoms with Crippen LogP contribution in [0.1, 0.15) is 103 Å². The molecule has 0 N–H and O–H groups in total. The molecule has 0 aliphatic heterocycles. The van der Waals surface area contributed by atoms with E-state index in [-0.39, 0.29) is 33.8 Å². The Hall–Kier alpha value is -4.24. The molecule has 0 aliphatic rings. The number of aromatic nitrogens is 1. The highest BCUT2D eigenvalue weighted by atomic mass is 16.2. The minimum absolute atomic E-state index is 0.152. The molecule has 1 heterocycles. The van der Waals surface area contributed by atoms with Gasteiger partial charge < -0.3 is 0 Å². The minimum atomic E-state index is -0.202. The van der Waals surface area contributed by atoms with Crippen LogP contribution >= 0.6 is 0 Å². The lowest BCUT2D eigenvalue weighted by Crippen LogP contribution is -2.26. The Bertz CT molecular complexity index is 2410. The van der Waals surface area contributed by atoms with Gasteiger partial charge in [0.15, 0.2) is 0 Å². The van der Waals surface area contributed by atoms with E-state index in [1.165, 1.54) is 48.0 Å². The molecule has 3 heteroatoms. The van der Waals surface area contributed by atoms with Gasteiger partial charge in [-0.05, 0) is 111 Å². The van der Waals surface area contributed by atoms with Crippen LogP contribution in [0.25, 0.3) is 70.3 Å². The fraction of sp³-hybridized carbons (Fsp3) is 0.333. The number of hydrogen-bond donors (Lipinski definition) is 0. The maximum atomic E-state index is 15.0. The normalized spacial score (nSPS) is 13.7. The Balaban J connectivity index is 1.74. The molecule has 0 aliphatic carbocycles. The molecule has 0 saturated carbocycles. The Morgan fingerprint density at radius 1 is 0.511 bits per heavy atom. The van der Waals surface area contributed by atoms with Gasteiger partial charge in [-0.2, -0.15) is 0 Å². The lowest BCUT2D eigenvalue weighted by molar-refractivity contribution is 0.596. The molecule has 7 aromatic carbocycles. The molecule has 8 aromatic rings. The number of hydrogen-bond acceptors (Lipinski definition) is 2. The van der Waals surface area contributed by atoms with Crippen molar-refractivity contribution in [3.8, 4) is 5.69 Å². The second kappa shape index (κ2) is 8.72. The van der Waals surface area contributed by atoms with Crippen molar-refractivity contribution >= 4 is 64.6 Å². The van der Waals surface area contributed by atoms with E-state index >= 15 is 9.59 Å². The smallest absolute Gasteiger partial charge is 0.266 e. The van der Waals surface area contributed by atoms with Crippen molar-refractivity contribution in [3.05, 3.63) is 97.6 Å². The summed E-state index contributed by atoms with van der Waals surface area (Å²) >= 11 is 0. The van der Waals surface area contributed by atoms with Crippen LogP contribution < -0.4 is 11.1 Å². The average Bonchev–Trinajstić information content (AvgIpc) is 3.45. The number of para-hydroxylation sites is 1. The third kappa shape index (κ3) is 3.47. The maximum absolute atomic E-state index is 15.0. The highest BCUT2D eigenvalue weighted by molar-refractivity contribution is 6.48. The Labute approximate surface area is 263 Å². The van der Waals surface area contributed by atoms with E-state index in [1.807, 2.05) is 0 Å². The Morgan fingerprint density at radius 2 is 0.911 bits per heavy atom.